The molecule has 3 N–H and O–H groups in total. The quantitative estimate of drug-likeness (QED) is 0.372. The zero-order chi connectivity index (χ0) is 24.7. The molecule has 2 heterocycles. The Labute approximate surface area is 200 Å². The molecule has 1 amide bonds. The van der Waals surface area contributed by atoms with Crippen molar-refractivity contribution in [3.8, 4) is 0 Å². The van der Waals surface area contributed by atoms with Crippen molar-refractivity contribution in [1.82, 2.24) is 5.32 Å². The highest BCUT2D eigenvalue weighted by atomic mass is 16.5. The second kappa shape index (κ2) is 8.35. The molecule has 1 unspecified atom stereocenters. The van der Waals surface area contributed by atoms with Gasteiger partial charge in [-0.25, -0.2) is 9.59 Å². The van der Waals surface area contributed by atoms with Crippen LogP contribution in [0.4, 0.5) is 0 Å². The maximum Gasteiger partial charge on any atom is 0.335 e. The van der Waals surface area contributed by atoms with E-state index in [2.05, 4.69) is 5.32 Å². The second-order valence-electron chi connectivity index (χ2n) is 8.50. The molecular weight excluding hydrogens is 448 g/mol. The van der Waals surface area contributed by atoms with Crippen molar-refractivity contribution in [2.75, 3.05) is 6.54 Å². The monoisotopic (exact) mass is 468 g/mol. The van der Waals surface area contributed by atoms with Crippen molar-refractivity contribution in [2.45, 2.75) is 6.54 Å². The van der Waals surface area contributed by atoms with Crippen LogP contribution in [0.2, 0.25) is 0 Å². The van der Waals surface area contributed by atoms with Crippen molar-refractivity contribution in [1.29, 1.82) is 0 Å². The van der Waals surface area contributed by atoms with Gasteiger partial charge in [0.05, 0.1) is 22.4 Å². The normalized spacial score (nSPS) is 19.1. The van der Waals surface area contributed by atoms with Crippen LogP contribution < -0.4 is 5.32 Å². The first-order chi connectivity index (χ1) is 16.8. The minimum Gasteiger partial charge on any atom is -0.627 e. The Balaban J connectivity index is 1.68. The number of nitrogens with one attached hydrogen (secondary N) is 1. The van der Waals surface area contributed by atoms with Gasteiger partial charge in [-0.3, -0.25) is 4.79 Å². The molecule has 174 valence electrons. The average molecular weight is 468 g/mol. The van der Waals surface area contributed by atoms with Crippen molar-refractivity contribution in [3.63, 3.8) is 0 Å². The van der Waals surface area contributed by atoms with Crippen LogP contribution >= 0.6 is 0 Å². The molecule has 0 saturated heterocycles. The Morgan fingerprint density at radius 1 is 0.857 bits per heavy atom. The SMILES string of the molecule is O=C1NC(c2ccccc2)=C2C[N+]([O-])(Cc3cc(C(=O)O)cc(C(=O)O)c3)C(c3ccccc3)=C12. The number of aromatic carboxylic acids is 2. The van der Waals surface area contributed by atoms with Crippen LogP contribution in [0.1, 0.15) is 37.4 Å². The van der Waals surface area contributed by atoms with Gasteiger partial charge >= 0.3 is 11.9 Å². The molecular formula is C27H20N2O6. The third kappa shape index (κ3) is 3.90. The van der Waals surface area contributed by atoms with E-state index in [0.29, 0.717) is 22.4 Å². The lowest BCUT2D eigenvalue weighted by molar-refractivity contribution is -0.813. The molecule has 0 radical (unpaired) electrons. The van der Waals surface area contributed by atoms with E-state index in [-0.39, 0.29) is 41.4 Å². The summed E-state index contributed by atoms with van der Waals surface area (Å²) in [4.78, 5) is 36.3. The molecule has 0 aromatic heterocycles. The standard InChI is InChI=1S/C27H20N2O6/c30-25-22-21(23(28-25)17-7-3-1-4-8-17)15-29(35,24(22)18-9-5-2-6-10-18)14-16-11-19(26(31)32)13-20(12-16)27(33)34/h1-13H,14-15H2,(H,28,30)(H,31,32)(H,33,34). The predicted molar refractivity (Wildman–Crippen MR) is 127 cm³/mol. The fraction of sp³-hybridized carbons (Fsp3) is 0.0741. The number of carbonyl (C=O) groups is 3. The summed E-state index contributed by atoms with van der Waals surface area (Å²) in [6.45, 7) is -0.309. The van der Waals surface area contributed by atoms with Gasteiger partial charge in [0.1, 0.15) is 18.7 Å². The summed E-state index contributed by atoms with van der Waals surface area (Å²) in [5.74, 6) is -2.96. The lowest BCUT2D eigenvalue weighted by Crippen LogP contribution is -2.38. The van der Waals surface area contributed by atoms with Crippen LogP contribution in [0.5, 0.6) is 0 Å². The van der Waals surface area contributed by atoms with E-state index >= 15 is 0 Å². The highest BCUT2D eigenvalue weighted by Crippen LogP contribution is 2.46. The Morgan fingerprint density at radius 2 is 1.40 bits per heavy atom. The molecule has 2 aliphatic heterocycles. The molecule has 3 aromatic rings. The van der Waals surface area contributed by atoms with Gasteiger partial charge in [-0.1, -0.05) is 48.5 Å². The number of carboxylic acids is 2. The van der Waals surface area contributed by atoms with Gasteiger partial charge in [0.15, 0.2) is 5.70 Å². The molecule has 8 nitrogen and oxygen atoms in total. The largest absolute Gasteiger partial charge is 0.627 e. The first-order valence-electron chi connectivity index (χ1n) is 10.9. The van der Waals surface area contributed by atoms with Crippen LogP contribution in [0.25, 0.3) is 11.4 Å². The van der Waals surface area contributed by atoms with Gasteiger partial charge in [0, 0.05) is 11.1 Å². The van der Waals surface area contributed by atoms with Crippen LogP contribution in [0.3, 0.4) is 0 Å². The highest BCUT2D eigenvalue weighted by molar-refractivity contribution is 6.15. The van der Waals surface area contributed by atoms with Crippen molar-refractivity contribution >= 4 is 29.2 Å². The number of benzene rings is 3. The summed E-state index contributed by atoms with van der Waals surface area (Å²) in [5, 5.41) is 36.3. The maximum atomic E-state index is 14.5. The average Bonchev–Trinajstić information content (AvgIpc) is 3.32. The number of rotatable bonds is 6. The minimum absolute atomic E-state index is 0.0672. The zero-order valence-corrected chi connectivity index (χ0v) is 18.4. The lowest BCUT2D eigenvalue weighted by atomic mass is 10.0. The van der Waals surface area contributed by atoms with E-state index in [0.717, 1.165) is 11.6 Å². The molecule has 3 aromatic carbocycles. The van der Waals surface area contributed by atoms with E-state index in [1.54, 1.807) is 30.3 Å². The summed E-state index contributed by atoms with van der Waals surface area (Å²) in [6.07, 6.45) is 0. The van der Waals surface area contributed by atoms with Crippen LogP contribution in [-0.2, 0) is 11.3 Å². The summed E-state index contributed by atoms with van der Waals surface area (Å²) < 4.78 is -0.958. The zero-order valence-electron chi connectivity index (χ0n) is 18.4. The smallest absolute Gasteiger partial charge is 0.335 e. The van der Waals surface area contributed by atoms with Crippen molar-refractivity contribution in [3.05, 3.63) is 123 Å². The molecule has 8 heteroatoms. The molecule has 0 aliphatic carbocycles. The van der Waals surface area contributed by atoms with E-state index in [4.69, 9.17) is 0 Å². The molecule has 0 spiro atoms. The number of fused-ring (bicyclic) bond motifs is 1. The number of nitrogens with zero attached hydrogens (tertiary/aromatic N) is 1. The van der Waals surface area contributed by atoms with Gasteiger partial charge in [0.25, 0.3) is 5.91 Å². The van der Waals surface area contributed by atoms with E-state index in [1.807, 2.05) is 30.3 Å². The third-order valence-corrected chi connectivity index (χ3v) is 6.16. The Hall–Kier alpha value is -4.53. The Morgan fingerprint density at radius 3 is 1.94 bits per heavy atom. The molecule has 0 saturated carbocycles. The molecule has 35 heavy (non-hydrogen) atoms. The number of carboxylic acid groups (broad SMARTS) is 2. The van der Waals surface area contributed by atoms with Gasteiger partial charge < -0.3 is 25.4 Å². The molecule has 2 aliphatic rings. The summed E-state index contributed by atoms with van der Waals surface area (Å²) in [5.41, 5.74) is 2.89. The van der Waals surface area contributed by atoms with Crippen molar-refractivity contribution < 1.29 is 29.2 Å². The number of hydroxylamine groups is 3. The van der Waals surface area contributed by atoms with E-state index in [9.17, 15) is 29.8 Å². The third-order valence-electron chi connectivity index (χ3n) is 6.16. The number of hydrogen-bond acceptors (Lipinski definition) is 4. The summed E-state index contributed by atoms with van der Waals surface area (Å²) >= 11 is 0. The number of carbonyl (C=O) groups excluding carboxylic acids is 1. The second-order valence-corrected chi connectivity index (χ2v) is 8.50. The Bertz CT molecular complexity index is 1410. The van der Waals surface area contributed by atoms with E-state index in [1.165, 1.54) is 12.1 Å². The number of hydrogen-bond donors (Lipinski definition) is 3. The van der Waals surface area contributed by atoms with Gasteiger partial charge in [-0.2, -0.15) is 0 Å². The maximum absolute atomic E-state index is 14.5. The van der Waals surface area contributed by atoms with Crippen LogP contribution in [-0.4, -0.2) is 39.2 Å². The highest BCUT2D eigenvalue weighted by Gasteiger charge is 2.46. The predicted octanol–water partition coefficient (Wildman–Crippen LogP) is 3.86. The van der Waals surface area contributed by atoms with Crippen LogP contribution in [0, 0.1) is 5.21 Å². The Kier molecular flexibility index (Phi) is 5.32. The fourth-order valence-electron chi connectivity index (χ4n) is 4.75. The first-order valence-corrected chi connectivity index (χ1v) is 10.9. The number of quaternary nitrogens is 1. The molecule has 5 rings (SSSR count). The van der Waals surface area contributed by atoms with Crippen molar-refractivity contribution in [2.24, 2.45) is 0 Å². The molecule has 1 atom stereocenters. The van der Waals surface area contributed by atoms with Gasteiger partial charge in [-0.15, -0.1) is 0 Å². The van der Waals surface area contributed by atoms with Gasteiger partial charge in [-0.05, 0) is 35.9 Å². The molecule has 0 fully saturated rings. The van der Waals surface area contributed by atoms with Gasteiger partial charge in [0.2, 0.25) is 0 Å². The minimum atomic E-state index is -1.29. The van der Waals surface area contributed by atoms with E-state index < -0.39 is 16.6 Å². The fourth-order valence-corrected chi connectivity index (χ4v) is 4.75. The first kappa shape index (κ1) is 22.3. The number of amides is 1. The lowest BCUT2D eigenvalue weighted by Gasteiger charge is -2.41. The molecule has 0 bridgehead atoms. The summed E-state index contributed by atoms with van der Waals surface area (Å²) in [7, 11) is 0. The summed E-state index contributed by atoms with van der Waals surface area (Å²) in [6, 6.07) is 21.8. The topological polar surface area (TPSA) is 127 Å². The van der Waals surface area contributed by atoms with Crippen LogP contribution in [0.15, 0.2) is 90.0 Å².